The van der Waals surface area contributed by atoms with Crippen molar-refractivity contribution in [1.29, 1.82) is 0 Å². The van der Waals surface area contributed by atoms with Crippen LogP contribution in [0.2, 0.25) is 0 Å². The first-order valence-corrected chi connectivity index (χ1v) is 15.7. The number of rotatable bonds is 13. The predicted octanol–water partition coefficient (Wildman–Crippen LogP) is 3.89. The number of nitrogen functional groups attached to an aromatic ring is 1. The molecule has 0 spiro atoms. The van der Waals surface area contributed by atoms with Crippen LogP contribution in [0.25, 0.3) is 21.9 Å². The average Bonchev–Trinajstić information content (AvgIpc) is 3.40. The molecule has 0 saturated carbocycles. The molecule has 2 aromatic heterocycles. The number of esters is 1. The minimum Gasteiger partial charge on any atom is -0.469 e. The smallest absolute Gasteiger partial charge is 0.309 e. The van der Waals surface area contributed by atoms with Crippen LogP contribution in [0.4, 0.5) is 5.82 Å². The lowest BCUT2D eigenvalue weighted by Crippen LogP contribution is -2.49. The molecule has 1 aliphatic heterocycles. The highest BCUT2D eigenvalue weighted by Crippen LogP contribution is 2.29. The van der Waals surface area contributed by atoms with Crippen LogP contribution in [0.15, 0.2) is 48.5 Å². The number of ether oxygens (including phenoxy) is 1. The standard InChI is InChI=1S/C34H45N7O3/c1-4-5-11-29-37-32-33(27-9-6-7-10-28(27)36-34(32)35)41(29)17-8-16-40(30(42)24-39-20-18-38(2)19-21-39)23-26-14-12-25(13-15-26)22-31(43)44-3/h6-7,9-10,12-15H,4-5,8,11,16-24H2,1-3H3,(H2,35,36). The summed E-state index contributed by atoms with van der Waals surface area (Å²) in [6.07, 6.45) is 3.98. The lowest BCUT2D eigenvalue weighted by Gasteiger charge is -2.33. The van der Waals surface area contributed by atoms with E-state index in [2.05, 4.69) is 39.4 Å². The Morgan fingerprint density at radius 2 is 1.70 bits per heavy atom. The van der Waals surface area contributed by atoms with Gasteiger partial charge in [-0.3, -0.25) is 14.5 Å². The second kappa shape index (κ2) is 14.6. The van der Waals surface area contributed by atoms with E-state index in [1.165, 1.54) is 7.11 Å². The SMILES string of the molecule is CCCCc1nc2c(N)nc3ccccc3c2n1CCCN(Cc1ccc(CC(=O)OC)cc1)C(=O)CN1CCN(C)CC1. The molecule has 234 valence electrons. The van der Waals surface area contributed by atoms with Gasteiger partial charge >= 0.3 is 5.97 Å². The van der Waals surface area contributed by atoms with E-state index in [4.69, 9.17) is 15.5 Å². The molecule has 0 radical (unpaired) electrons. The fraction of sp³-hybridized carbons (Fsp3) is 0.471. The van der Waals surface area contributed by atoms with Crippen LogP contribution in [0.3, 0.4) is 0 Å². The summed E-state index contributed by atoms with van der Waals surface area (Å²) in [6, 6.07) is 16.0. The molecule has 0 atom stereocenters. The first-order valence-electron chi connectivity index (χ1n) is 15.7. The highest BCUT2D eigenvalue weighted by atomic mass is 16.5. The Bertz CT molecular complexity index is 1580. The molecule has 1 amide bonds. The van der Waals surface area contributed by atoms with Gasteiger partial charge in [0, 0.05) is 57.6 Å². The zero-order valence-corrected chi connectivity index (χ0v) is 26.3. The van der Waals surface area contributed by atoms with Crippen molar-refractivity contribution < 1.29 is 14.3 Å². The second-order valence-corrected chi connectivity index (χ2v) is 11.8. The normalized spacial score (nSPS) is 14.3. The summed E-state index contributed by atoms with van der Waals surface area (Å²) in [5.74, 6) is 1.34. The van der Waals surface area contributed by atoms with Gasteiger partial charge in [0.2, 0.25) is 5.91 Å². The minimum absolute atomic E-state index is 0.133. The first-order chi connectivity index (χ1) is 21.4. The molecule has 3 heterocycles. The van der Waals surface area contributed by atoms with Gasteiger partial charge in [-0.25, -0.2) is 9.97 Å². The number of amides is 1. The van der Waals surface area contributed by atoms with E-state index in [1.807, 2.05) is 47.4 Å². The predicted molar refractivity (Wildman–Crippen MR) is 174 cm³/mol. The van der Waals surface area contributed by atoms with Crippen LogP contribution in [-0.4, -0.2) is 94.5 Å². The van der Waals surface area contributed by atoms with Crippen LogP contribution in [0.5, 0.6) is 0 Å². The monoisotopic (exact) mass is 599 g/mol. The summed E-state index contributed by atoms with van der Waals surface area (Å²) in [4.78, 5) is 41.6. The molecular formula is C34H45N7O3. The number of aromatic nitrogens is 3. The maximum absolute atomic E-state index is 13.7. The number of aryl methyl sites for hydroxylation is 2. The molecule has 10 nitrogen and oxygen atoms in total. The van der Waals surface area contributed by atoms with Crippen LogP contribution >= 0.6 is 0 Å². The fourth-order valence-corrected chi connectivity index (χ4v) is 5.90. The van der Waals surface area contributed by atoms with Crippen LogP contribution in [0.1, 0.15) is 43.1 Å². The number of imidazole rings is 1. The lowest BCUT2D eigenvalue weighted by atomic mass is 10.1. The zero-order valence-electron chi connectivity index (χ0n) is 26.3. The number of pyridine rings is 1. The number of likely N-dealkylation sites (N-methyl/N-ethyl adjacent to an activating group) is 1. The lowest BCUT2D eigenvalue weighted by molar-refractivity contribution is -0.139. The number of methoxy groups -OCH3 is 1. The van der Waals surface area contributed by atoms with Crippen molar-refractivity contribution in [2.45, 2.75) is 52.1 Å². The van der Waals surface area contributed by atoms with Gasteiger partial charge in [0.25, 0.3) is 0 Å². The molecule has 0 unspecified atom stereocenters. The van der Waals surface area contributed by atoms with Gasteiger partial charge in [0.15, 0.2) is 5.82 Å². The number of hydrogen-bond acceptors (Lipinski definition) is 8. The summed E-state index contributed by atoms with van der Waals surface area (Å²) < 4.78 is 7.11. The van der Waals surface area contributed by atoms with Gasteiger partial charge < -0.3 is 24.8 Å². The van der Waals surface area contributed by atoms with Crippen molar-refractivity contribution >= 4 is 39.6 Å². The van der Waals surface area contributed by atoms with E-state index in [0.29, 0.717) is 25.5 Å². The van der Waals surface area contributed by atoms with Crippen molar-refractivity contribution in [2.75, 3.05) is 59.2 Å². The molecule has 10 heteroatoms. The van der Waals surface area contributed by atoms with Crippen LogP contribution < -0.4 is 5.73 Å². The number of anilines is 1. The minimum atomic E-state index is -0.266. The third-order valence-corrected chi connectivity index (χ3v) is 8.53. The molecule has 2 aromatic carbocycles. The number of fused-ring (bicyclic) bond motifs is 3. The van der Waals surface area contributed by atoms with Crippen molar-refractivity contribution in [3.05, 3.63) is 65.5 Å². The Hall–Kier alpha value is -4.02. The molecule has 1 saturated heterocycles. The molecule has 2 N–H and O–H groups in total. The van der Waals surface area contributed by atoms with Gasteiger partial charge in [-0.1, -0.05) is 55.8 Å². The molecular weight excluding hydrogens is 554 g/mol. The number of benzene rings is 2. The molecule has 0 bridgehead atoms. The Balaban J connectivity index is 1.36. The van der Waals surface area contributed by atoms with Crippen molar-refractivity contribution in [3.8, 4) is 0 Å². The van der Waals surface area contributed by atoms with E-state index >= 15 is 0 Å². The summed E-state index contributed by atoms with van der Waals surface area (Å²) in [7, 11) is 3.52. The maximum atomic E-state index is 13.7. The van der Waals surface area contributed by atoms with E-state index in [-0.39, 0.29) is 18.3 Å². The number of carbonyl (C=O) groups is 2. The molecule has 4 aromatic rings. The topological polar surface area (TPSA) is 110 Å². The number of nitrogens with zero attached hydrogens (tertiary/aromatic N) is 6. The average molecular weight is 600 g/mol. The summed E-state index contributed by atoms with van der Waals surface area (Å²) in [5, 5.41) is 1.04. The fourth-order valence-electron chi connectivity index (χ4n) is 5.90. The van der Waals surface area contributed by atoms with Crippen molar-refractivity contribution in [3.63, 3.8) is 0 Å². The van der Waals surface area contributed by atoms with Gasteiger partial charge in [-0.2, -0.15) is 0 Å². The van der Waals surface area contributed by atoms with Gasteiger partial charge in [0.1, 0.15) is 11.3 Å². The third-order valence-electron chi connectivity index (χ3n) is 8.53. The summed E-state index contributed by atoms with van der Waals surface area (Å²) in [5.41, 5.74) is 11.0. The molecule has 5 rings (SSSR count). The third kappa shape index (κ3) is 7.54. The highest BCUT2D eigenvalue weighted by molar-refractivity contribution is 6.06. The van der Waals surface area contributed by atoms with Crippen molar-refractivity contribution in [2.24, 2.45) is 0 Å². The Morgan fingerprint density at radius 3 is 2.43 bits per heavy atom. The largest absolute Gasteiger partial charge is 0.469 e. The zero-order chi connectivity index (χ0) is 31.1. The van der Waals surface area contributed by atoms with Crippen LogP contribution in [-0.2, 0) is 40.3 Å². The van der Waals surface area contributed by atoms with Gasteiger partial charge in [-0.15, -0.1) is 0 Å². The van der Waals surface area contributed by atoms with Crippen LogP contribution in [0, 0.1) is 0 Å². The van der Waals surface area contributed by atoms with E-state index in [0.717, 1.165) is 97.3 Å². The van der Waals surface area contributed by atoms with Gasteiger partial charge in [0.05, 0.1) is 31.1 Å². The van der Waals surface area contributed by atoms with Crippen molar-refractivity contribution in [1.82, 2.24) is 29.2 Å². The quantitative estimate of drug-likeness (QED) is 0.231. The van der Waals surface area contributed by atoms with E-state index < -0.39 is 0 Å². The molecule has 1 aliphatic rings. The van der Waals surface area contributed by atoms with E-state index in [9.17, 15) is 9.59 Å². The van der Waals surface area contributed by atoms with E-state index in [1.54, 1.807) is 0 Å². The number of nitrogens with two attached hydrogens (primary N) is 1. The number of hydrogen-bond donors (Lipinski definition) is 1. The number of piperazine rings is 1. The Labute approximate surface area is 259 Å². The highest BCUT2D eigenvalue weighted by Gasteiger charge is 2.22. The molecule has 0 aliphatic carbocycles. The maximum Gasteiger partial charge on any atom is 0.309 e. The number of unbranched alkanes of at least 4 members (excludes halogenated alkanes) is 1. The Kier molecular flexibility index (Phi) is 10.4. The first kappa shape index (κ1) is 31.4. The molecule has 44 heavy (non-hydrogen) atoms. The number of para-hydroxylation sites is 1. The summed E-state index contributed by atoms with van der Waals surface area (Å²) >= 11 is 0. The Morgan fingerprint density at radius 1 is 0.977 bits per heavy atom. The summed E-state index contributed by atoms with van der Waals surface area (Å²) in [6.45, 7) is 8.16. The second-order valence-electron chi connectivity index (χ2n) is 11.8. The van der Waals surface area contributed by atoms with Gasteiger partial charge in [-0.05, 0) is 37.1 Å². The number of carbonyl (C=O) groups excluding carboxylic acids is 2. The molecule has 1 fully saturated rings.